The third-order valence-corrected chi connectivity index (χ3v) is 9.64. The quantitative estimate of drug-likeness (QED) is 0.0231. The van der Waals surface area contributed by atoms with E-state index in [0.29, 0.717) is 12.8 Å². The molecule has 0 aliphatic rings. The molecule has 0 aromatic heterocycles. The fourth-order valence-electron chi connectivity index (χ4n) is 5.06. The molecule has 0 rings (SSSR count). The molecule has 21 heteroatoms. The molecule has 0 bridgehead atoms. The van der Waals surface area contributed by atoms with Crippen LogP contribution in [0.25, 0.3) is 0 Å². The molecule has 0 amide bonds. The number of carbonyl (C=O) groups excluding carboxylic acids is 3. The summed E-state index contributed by atoms with van der Waals surface area (Å²) < 4.78 is 197. The number of hydrogen-bond acceptors (Lipinski definition) is 9. The van der Waals surface area contributed by atoms with Crippen LogP contribution in [-0.2, 0) is 33.3 Å². The lowest BCUT2D eigenvalue weighted by atomic mass is 9.79. The first-order chi connectivity index (χ1) is 26.9. The predicted molar refractivity (Wildman–Crippen MR) is 189 cm³/mol. The van der Waals surface area contributed by atoms with Gasteiger partial charge in [-0.2, -0.15) is 52.7 Å². The van der Waals surface area contributed by atoms with Crippen molar-refractivity contribution in [3.8, 4) is 0 Å². The van der Waals surface area contributed by atoms with Gasteiger partial charge >= 0.3 is 53.4 Å². The van der Waals surface area contributed by atoms with Crippen LogP contribution in [-0.4, -0.2) is 110 Å². The number of esters is 3. The van der Waals surface area contributed by atoms with Crippen molar-refractivity contribution in [3.05, 3.63) is 36.5 Å². The van der Waals surface area contributed by atoms with E-state index in [0.717, 1.165) is 13.8 Å². The second kappa shape index (κ2) is 22.5. The van der Waals surface area contributed by atoms with E-state index in [1.54, 1.807) is 13.8 Å². The number of aliphatic hydroxyl groups is 2. The monoisotopic (exact) mass is 882 g/mol. The lowest BCUT2D eigenvalue weighted by Crippen LogP contribution is -2.70. The minimum Gasteiger partial charge on any atom is -0.462 e. The van der Waals surface area contributed by atoms with Gasteiger partial charge in [0.2, 0.25) is 0 Å². The molecule has 0 fully saturated rings. The Morgan fingerprint density at radius 3 is 1.37 bits per heavy atom. The average Bonchev–Trinajstić information content (AvgIpc) is 3.15. The second-order valence-electron chi connectivity index (χ2n) is 14.7. The molecule has 0 aliphatic carbocycles. The van der Waals surface area contributed by atoms with Gasteiger partial charge in [-0.15, -0.1) is 0 Å². The number of unbranched alkanes of at least 4 members (excludes halogenated alkanes) is 4. The van der Waals surface area contributed by atoms with Crippen LogP contribution in [0.2, 0.25) is 0 Å². The van der Waals surface area contributed by atoms with Gasteiger partial charge in [0.15, 0.2) is 0 Å². The average molecular weight is 883 g/mol. The van der Waals surface area contributed by atoms with Crippen LogP contribution in [0.5, 0.6) is 0 Å². The van der Waals surface area contributed by atoms with E-state index >= 15 is 17.6 Å². The largest absolute Gasteiger partial charge is 0.462 e. The highest BCUT2D eigenvalue weighted by Crippen LogP contribution is 2.61. The maximum Gasteiger partial charge on any atom is 0.384 e. The van der Waals surface area contributed by atoms with Crippen molar-refractivity contribution in [1.82, 2.24) is 0 Å². The minimum atomic E-state index is -7.83. The molecule has 0 saturated heterocycles. The van der Waals surface area contributed by atoms with E-state index in [1.165, 1.54) is 0 Å². The molecule has 344 valence electrons. The molecule has 0 saturated carbocycles. The molecule has 59 heavy (non-hydrogen) atoms. The highest BCUT2D eigenvalue weighted by molar-refractivity contribution is 5.88. The van der Waals surface area contributed by atoms with Crippen molar-refractivity contribution in [2.45, 2.75) is 127 Å². The Morgan fingerprint density at radius 2 is 0.966 bits per heavy atom. The number of carbonyl (C=O) groups is 3. The normalized spacial score (nSPS) is 13.5. The van der Waals surface area contributed by atoms with Gasteiger partial charge in [-0.3, -0.25) is 0 Å². The van der Waals surface area contributed by atoms with E-state index in [9.17, 15) is 59.7 Å². The van der Waals surface area contributed by atoms with Gasteiger partial charge in [-0.25, -0.2) is 14.4 Å². The number of ether oxygens (including phenoxy) is 4. The molecular weight excluding hydrogens is 828 g/mol. The fraction of sp³-hybridized carbons (Fsp3) is 0.763. The van der Waals surface area contributed by atoms with Gasteiger partial charge in [0.1, 0.15) is 13.2 Å². The molecule has 2 N–H and O–H groups in total. The van der Waals surface area contributed by atoms with Crippen molar-refractivity contribution in [3.63, 3.8) is 0 Å². The third-order valence-electron chi connectivity index (χ3n) is 9.64. The smallest absolute Gasteiger partial charge is 0.384 e. The zero-order valence-corrected chi connectivity index (χ0v) is 33.4. The molecule has 0 aliphatic heterocycles. The SMILES string of the molecule is C=C(C)C(=O)OCC(CCOC(=O)C(=C)COCC(CC)(CO)CO)(CCC(F)(F)C(F)(F)C(F)(F)C(F)(F)C(F)(F)C(F)(F)CCCCCCC)COC(=O)C(=C)C. The highest BCUT2D eigenvalue weighted by atomic mass is 19.4. The Labute approximate surface area is 335 Å². The predicted octanol–water partition coefficient (Wildman–Crippen LogP) is 9.05. The summed E-state index contributed by atoms with van der Waals surface area (Å²) in [5.41, 5.74) is -4.62. The zero-order chi connectivity index (χ0) is 46.3. The Hall–Kier alpha value is -3.33. The summed E-state index contributed by atoms with van der Waals surface area (Å²) in [5, 5.41) is 19.1. The van der Waals surface area contributed by atoms with Crippen molar-refractivity contribution in [2.75, 3.05) is 46.2 Å². The summed E-state index contributed by atoms with van der Waals surface area (Å²) in [6.45, 7) is 10.2. The van der Waals surface area contributed by atoms with Crippen LogP contribution in [0, 0.1) is 10.8 Å². The van der Waals surface area contributed by atoms with Gasteiger partial charge in [0.05, 0.1) is 38.6 Å². The van der Waals surface area contributed by atoms with Crippen LogP contribution in [0.1, 0.15) is 91.9 Å². The number of aliphatic hydroxyl groups excluding tert-OH is 2. The molecule has 0 heterocycles. The first kappa shape index (κ1) is 55.7. The first-order valence-corrected chi connectivity index (χ1v) is 18.4. The maximum absolute atomic E-state index is 15.3. The van der Waals surface area contributed by atoms with Gasteiger partial charge < -0.3 is 29.2 Å². The van der Waals surface area contributed by atoms with Crippen molar-refractivity contribution >= 4 is 17.9 Å². The zero-order valence-electron chi connectivity index (χ0n) is 33.4. The third kappa shape index (κ3) is 14.1. The maximum atomic E-state index is 15.3. The number of rotatable bonds is 31. The lowest BCUT2D eigenvalue weighted by molar-refractivity contribution is -0.426. The molecule has 0 aromatic rings. The Balaban J connectivity index is 6.68. The van der Waals surface area contributed by atoms with Crippen molar-refractivity contribution < 1.29 is 96.2 Å². The number of alkyl halides is 12. The van der Waals surface area contributed by atoms with Gasteiger partial charge in [0.25, 0.3) is 0 Å². The first-order valence-electron chi connectivity index (χ1n) is 18.4. The molecule has 0 unspecified atom stereocenters. The van der Waals surface area contributed by atoms with Crippen LogP contribution in [0.4, 0.5) is 52.7 Å². The lowest BCUT2D eigenvalue weighted by Gasteiger charge is -2.42. The van der Waals surface area contributed by atoms with E-state index in [4.69, 9.17) is 18.9 Å². The number of hydrogen-bond donors (Lipinski definition) is 2. The molecule has 0 radical (unpaired) electrons. The van der Waals surface area contributed by atoms with Gasteiger partial charge in [-0.1, -0.05) is 59.3 Å². The summed E-state index contributed by atoms with van der Waals surface area (Å²) in [6.07, 6.45) is -7.22. The van der Waals surface area contributed by atoms with Gasteiger partial charge in [0, 0.05) is 34.8 Å². The van der Waals surface area contributed by atoms with Crippen LogP contribution in [0.3, 0.4) is 0 Å². The molecule has 0 spiro atoms. The summed E-state index contributed by atoms with van der Waals surface area (Å²) >= 11 is 0. The number of halogens is 12. The Bertz CT molecular complexity index is 1390. The summed E-state index contributed by atoms with van der Waals surface area (Å²) in [4.78, 5) is 37.2. The molecular formula is C38H54F12O9. The second-order valence-corrected chi connectivity index (χ2v) is 14.7. The van der Waals surface area contributed by atoms with E-state index in [2.05, 4.69) is 19.7 Å². The van der Waals surface area contributed by atoms with Crippen LogP contribution >= 0.6 is 0 Å². The molecule has 9 nitrogen and oxygen atoms in total. The van der Waals surface area contributed by atoms with Crippen molar-refractivity contribution in [2.24, 2.45) is 10.8 Å². The molecule has 0 atom stereocenters. The Morgan fingerprint density at radius 1 is 0.525 bits per heavy atom. The molecule has 0 aromatic carbocycles. The van der Waals surface area contributed by atoms with E-state index in [-0.39, 0.29) is 37.0 Å². The fourth-order valence-corrected chi connectivity index (χ4v) is 5.06. The summed E-state index contributed by atoms with van der Waals surface area (Å²) in [6, 6.07) is 0. The van der Waals surface area contributed by atoms with Crippen LogP contribution in [0.15, 0.2) is 36.5 Å². The van der Waals surface area contributed by atoms with Crippen molar-refractivity contribution in [1.29, 1.82) is 0 Å². The van der Waals surface area contributed by atoms with E-state index < -0.39 is 142 Å². The van der Waals surface area contributed by atoms with Crippen LogP contribution < -0.4 is 0 Å². The highest BCUT2D eigenvalue weighted by Gasteiger charge is 2.89. The topological polar surface area (TPSA) is 129 Å². The van der Waals surface area contributed by atoms with Gasteiger partial charge in [-0.05, 0) is 39.5 Å². The van der Waals surface area contributed by atoms with E-state index in [1.807, 2.05) is 0 Å². The standard InChI is InChI=1S/C38H54F12O9/c1-8-10-11-12-13-14-33(39,40)35(43,44)37(47,48)38(49,50)36(45,46)34(41,42)16-15-32(23-58-28(53)25(3)4,24-59-29(54)26(5)6)17-18-57-30(55)27(7)19-56-22-31(9-2,20-51)21-52/h51-52H,3,5,7-24H2,1-2,4,6H3. The Kier molecular flexibility index (Phi) is 21.2. The summed E-state index contributed by atoms with van der Waals surface area (Å²) in [5.74, 6) is -46.6. The summed E-state index contributed by atoms with van der Waals surface area (Å²) in [7, 11) is 0. The minimum absolute atomic E-state index is 0.153.